The SMILES string of the molecule is [O]C(=O)CCCOc1cc(Cl)c2c(c1)[C@@](O)(C(F)(F)F)c1ccccc1-2. The molecule has 8 heteroatoms. The molecule has 0 saturated carbocycles. The summed E-state index contributed by atoms with van der Waals surface area (Å²) in [5.41, 5.74) is -3.60. The summed E-state index contributed by atoms with van der Waals surface area (Å²) in [4.78, 5) is 10.4. The second-order valence-electron chi connectivity index (χ2n) is 5.91. The zero-order valence-corrected chi connectivity index (χ0v) is 14.0. The van der Waals surface area contributed by atoms with Crippen LogP contribution in [-0.2, 0) is 15.5 Å². The average Bonchev–Trinajstić information content (AvgIpc) is 2.82. The topological polar surface area (TPSA) is 66.4 Å². The highest BCUT2D eigenvalue weighted by Crippen LogP contribution is 2.57. The molecule has 1 radical (unpaired) electrons. The minimum atomic E-state index is -4.97. The van der Waals surface area contributed by atoms with Crippen LogP contribution in [0.15, 0.2) is 36.4 Å². The maximum Gasteiger partial charge on any atom is 0.425 e. The van der Waals surface area contributed by atoms with E-state index in [0.717, 1.165) is 6.07 Å². The molecule has 4 nitrogen and oxygen atoms in total. The molecular weight excluding hydrogens is 373 g/mol. The van der Waals surface area contributed by atoms with Gasteiger partial charge in [0.2, 0.25) is 5.60 Å². The van der Waals surface area contributed by atoms with E-state index in [1.54, 1.807) is 6.07 Å². The standard InChI is InChI=1S/C18H13ClF3O4/c19-14-9-10(26-7-3-6-15(23)24)8-13-16(14)11-4-1-2-5-12(11)17(13,25)18(20,21)22/h1-2,4-5,8-9,25H,3,6-7H2/t17-/m1/s1. The van der Waals surface area contributed by atoms with Crippen LogP contribution in [-0.4, -0.2) is 23.9 Å². The first-order chi connectivity index (χ1) is 12.2. The summed E-state index contributed by atoms with van der Waals surface area (Å²) in [7, 11) is 0. The summed E-state index contributed by atoms with van der Waals surface area (Å²) < 4.78 is 46.6. The molecule has 0 saturated heterocycles. The quantitative estimate of drug-likeness (QED) is 0.783. The van der Waals surface area contributed by atoms with Gasteiger partial charge in [-0.05, 0) is 24.1 Å². The lowest BCUT2D eigenvalue weighted by molar-refractivity contribution is -0.246. The van der Waals surface area contributed by atoms with E-state index in [0.29, 0.717) is 0 Å². The molecule has 0 fully saturated rings. The van der Waals surface area contributed by atoms with Crippen molar-refractivity contribution in [2.75, 3.05) is 6.61 Å². The molecule has 0 unspecified atom stereocenters. The molecular formula is C18H13ClF3O4. The summed E-state index contributed by atoms with van der Waals surface area (Å²) in [5, 5.41) is 21.0. The zero-order chi connectivity index (χ0) is 19.1. The number of hydrogen-bond donors (Lipinski definition) is 1. The fourth-order valence-electron chi connectivity index (χ4n) is 3.10. The van der Waals surface area contributed by atoms with Crippen LogP contribution in [0.4, 0.5) is 13.2 Å². The van der Waals surface area contributed by atoms with E-state index in [-0.39, 0.29) is 46.9 Å². The minimum absolute atomic E-state index is 0.00465. The molecule has 1 aliphatic carbocycles. The third-order valence-electron chi connectivity index (χ3n) is 4.24. The minimum Gasteiger partial charge on any atom is -0.494 e. The summed E-state index contributed by atoms with van der Waals surface area (Å²) in [5.74, 6) is -1.23. The van der Waals surface area contributed by atoms with Crippen LogP contribution in [0.2, 0.25) is 5.02 Å². The number of carbonyl (C=O) groups excluding carboxylic acids is 1. The molecule has 1 N–H and O–H groups in total. The maximum atomic E-state index is 13.8. The fraction of sp³-hybridized carbons (Fsp3) is 0.278. The molecule has 0 heterocycles. The molecule has 3 rings (SSSR count). The highest BCUT2D eigenvalue weighted by Gasteiger charge is 2.61. The molecule has 0 aliphatic heterocycles. The van der Waals surface area contributed by atoms with E-state index in [1.165, 1.54) is 24.3 Å². The van der Waals surface area contributed by atoms with Crippen molar-refractivity contribution in [1.29, 1.82) is 0 Å². The third kappa shape index (κ3) is 2.91. The number of halogens is 4. The Kier molecular flexibility index (Phi) is 4.62. The third-order valence-corrected chi connectivity index (χ3v) is 4.54. The van der Waals surface area contributed by atoms with Gasteiger partial charge < -0.3 is 9.84 Å². The molecule has 0 aromatic heterocycles. The Morgan fingerprint density at radius 2 is 1.88 bits per heavy atom. The zero-order valence-electron chi connectivity index (χ0n) is 13.3. The van der Waals surface area contributed by atoms with Crippen molar-refractivity contribution in [3.8, 4) is 16.9 Å². The maximum absolute atomic E-state index is 13.8. The Balaban J connectivity index is 2.05. The number of benzene rings is 2. The fourth-order valence-corrected chi connectivity index (χ4v) is 3.41. The van der Waals surface area contributed by atoms with E-state index in [4.69, 9.17) is 16.3 Å². The number of alkyl halides is 3. The van der Waals surface area contributed by atoms with Crippen molar-refractivity contribution in [2.45, 2.75) is 24.6 Å². The van der Waals surface area contributed by atoms with Crippen LogP contribution in [0.1, 0.15) is 24.0 Å². The van der Waals surface area contributed by atoms with Gasteiger partial charge in [0.15, 0.2) is 0 Å². The second kappa shape index (κ2) is 6.48. The Labute approximate surface area is 151 Å². The van der Waals surface area contributed by atoms with E-state index >= 15 is 0 Å². The molecule has 0 bridgehead atoms. The van der Waals surface area contributed by atoms with Gasteiger partial charge in [0.1, 0.15) is 5.75 Å². The number of carbonyl (C=O) groups is 1. The van der Waals surface area contributed by atoms with Crippen LogP contribution in [0, 0.1) is 0 Å². The van der Waals surface area contributed by atoms with Crippen molar-refractivity contribution in [1.82, 2.24) is 0 Å². The van der Waals surface area contributed by atoms with Gasteiger partial charge in [0.25, 0.3) is 0 Å². The molecule has 0 amide bonds. The van der Waals surface area contributed by atoms with Crippen molar-refractivity contribution in [3.63, 3.8) is 0 Å². The Morgan fingerprint density at radius 1 is 1.19 bits per heavy atom. The van der Waals surface area contributed by atoms with Gasteiger partial charge in [-0.25, -0.2) is 9.90 Å². The number of fused-ring (bicyclic) bond motifs is 3. The highest BCUT2D eigenvalue weighted by molar-refractivity contribution is 6.34. The van der Waals surface area contributed by atoms with E-state index < -0.39 is 23.3 Å². The van der Waals surface area contributed by atoms with E-state index in [1.807, 2.05) is 0 Å². The number of ether oxygens (including phenoxy) is 1. The lowest BCUT2D eigenvalue weighted by Crippen LogP contribution is -2.41. The normalized spacial score (nSPS) is 18.3. The van der Waals surface area contributed by atoms with Gasteiger partial charge in [0.05, 0.1) is 18.1 Å². The monoisotopic (exact) mass is 385 g/mol. The van der Waals surface area contributed by atoms with Gasteiger partial charge in [-0.3, -0.25) is 0 Å². The Morgan fingerprint density at radius 3 is 2.54 bits per heavy atom. The lowest BCUT2D eigenvalue weighted by Gasteiger charge is -2.28. The lowest BCUT2D eigenvalue weighted by atomic mass is 9.90. The van der Waals surface area contributed by atoms with E-state index in [2.05, 4.69) is 0 Å². The summed E-state index contributed by atoms with van der Waals surface area (Å²) >= 11 is 6.18. The molecule has 0 spiro atoms. The van der Waals surface area contributed by atoms with E-state index in [9.17, 15) is 28.2 Å². The van der Waals surface area contributed by atoms with Crippen molar-refractivity contribution in [3.05, 3.63) is 52.5 Å². The molecule has 137 valence electrons. The Hall–Kier alpha value is -2.25. The first kappa shape index (κ1) is 18.5. The summed E-state index contributed by atoms with van der Waals surface area (Å²) in [6.45, 7) is -0.0412. The van der Waals surface area contributed by atoms with Crippen LogP contribution < -0.4 is 4.74 Å². The predicted molar refractivity (Wildman–Crippen MR) is 86.4 cm³/mol. The Bertz CT molecular complexity index is 866. The second-order valence-corrected chi connectivity index (χ2v) is 6.31. The van der Waals surface area contributed by atoms with Gasteiger partial charge in [-0.15, -0.1) is 0 Å². The molecule has 26 heavy (non-hydrogen) atoms. The van der Waals surface area contributed by atoms with Crippen LogP contribution >= 0.6 is 11.6 Å². The van der Waals surface area contributed by atoms with Gasteiger partial charge in [-0.2, -0.15) is 13.2 Å². The number of aliphatic hydroxyl groups is 1. The summed E-state index contributed by atoms with van der Waals surface area (Å²) in [6, 6.07) is 8.08. The highest BCUT2D eigenvalue weighted by atomic mass is 35.5. The number of rotatable bonds is 5. The predicted octanol–water partition coefficient (Wildman–Crippen LogP) is 4.23. The largest absolute Gasteiger partial charge is 0.494 e. The molecule has 2 aromatic carbocycles. The van der Waals surface area contributed by atoms with Crippen molar-refractivity contribution >= 4 is 17.6 Å². The molecule has 1 aliphatic rings. The summed E-state index contributed by atoms with van der Waals surface area (Å²) in [6.07, 6.45) is -5.08. The smallest absolute Gasteiger partial charge is 0.425 e. The molecule has 1 atom stereocenters. The van der Waals surface area contributed by atoms with Crippen molar-refractivity contribution < 1.29 is 32.9 Å². The van der Waals surface area contributed by atoms with Gasteiger partial charge in [0, 0.05) is 16.7 Å². The van der Waals surface area contributed by atoms with Gasteiger partial charge in [-0.1, -0.05) is 35.9 Å². The number of hydrogen-bond acceptors (Lipinski definition) is 3. The van der Waals surface area contributed by atoms with Crippen LogP contribution in [0.25, 0.3) is 11.1 Å². The van der Waals surface area contributed by atoms with Crippen LogP contribution in [0.3, 0.4) is 0 Å². The van der Waals surface area contributed by atoms with Crippen molar-refractivity contribution in [2.24, 2.45) is 0 Å². The molecule has 2 aromatic rings. The van der Waals surface area contributed by atoms with Crippen LogP contribution in [0.5, 0.6) is 5.75 Å². The first-order valence-electron chi connectivity index (χ1n) is 7.72. The average molecular weight is 386 g/mol. The van der Waals surface area contributed by atoms with Gasteiger partial charge >= 0.3 is 12.1 Å². The first-order valence-corrected chi connectivity index (χ1v) is 8.09.